The molecular weight excluding hydrogens is 286 g/mol. The van der Waals surface area contributed by atoms with Crippen molar-refractivity contribution >= 4 is 21.6 Å². The first-order valence-electron chi connectivity index (χ1n) is 6.30. The second-order valence-electron chi connectivity index (χ2n) is 4.18. The third-order valence-corrected chi connectivity index (χ3v) is 4.47. The molecular formula is C13H20ClNO3S. The molecule has 0 atom stereocenters. The summed E-state index contributed by atoms with van der Waals surface area (Å²) in [6.45, 7) is 0.455. The largest absolute Gasteiger partial charge is 0.497 e. The molecule has 0 heterocycles. The van der Waals surface area contributed by atoms with Crippen molar-refractivity contribution in [2.75, 3.05) is 19.5 Å². The summed E-state index contributed by atoms with van der Waals surface area (Å²) in [6.07, 6.45) is 3.82. The molecule has 4 nitrogen and oxygen atoms in total. The van der Waals surface area contributed by atoms with Crippen molar-refractivity contribution in [3.05, 3.63) is 24.3 Å². The van der Waals surface area contributed by atoms with Crippen LogP contribution in [0.3, 0.4) is 0 Å². The highest BCUT2D eigenvalue weighted by molar-refractivity contribution is 7.89. The molecule has 0 amide bonds. The highest BCUT2D eigenvalue weighted by Crippen LogP contribution is 2.15. The summed E-state index contributed by atoms with van der Waals surface area (Å²) in [6, 6.07) is 6.34. The maximum Gasteiger partial charge on any atom is 0.240 e. The molecule has 0 saturated heterocycles. The van der Waals surface area contributed by atoms with Crippen LogP contribution in [0.4, 0.5) is 0 Å². The number of hydrogen-bond donors (Lipinski definition) is 1. The molecule has 0 aliphatic carbocycles. The quantitative estimate of drug-likeness (QED) is 0.564. The van der Waals surface area contributed by atoms with E-state index in [1.54, 1.807) is 19.2 Å². The zero-order valence-electron chi connectivity index (χ0n) is 11.1. The molecule has 0 unspecified atom stereocenters. The molecule has 108 valence electrons. The summed E-state index contributed by atoms with van der Waals surface area (Å²) < 4.78 is 31.5. The smallest absolute Gasteiger partial charge is 0.240 e. The van der Waals surface area contributed by atoms with E-state index in [1.165, 1.54) is 12.1 Å². The number of rotatable bonds is 9. The van der Waals surface area contributed by atoms with E-state index in [0.29, 0.717) is 18.2 Å². The van der Waals surface area contributed by atoms with Gasteiger partial charge in [-0.1, -0.05) is 12.8 Å². The second-order valence-corrected chi connectivity index (χ2v) is 6.32. The van der Waals surface area contributed by atoms with Crippen LogP contribution in [0.2, 0.25) is 0 Å². The van der Waals surface area contributed by atoms with Gasteiger partial charge in [-0.15, -0.1) is 11.6 Å². The van der Waals surface area contributed by atoms with Gasteiger partial charge in [0.1, 0.15) is 5.75 Å². The SMILES string of the molecule is COc1ccc(S(=O)(=O)NCCCCCCCl)cc1. The maximum atomic E-state index is 11.9. The third-order valence-electron chi connectivity index (χ3n) is 2.72. The molecule has 0 aliphatic rings. The summed E-state index contributed by atoms with van der Waals surface area (Å²) in [5.74, 6) is 1.30. The van der Waals surface area contributed by atoms with Gasteiger partial charge in [-0.3, -0.25) is 0 Å². The van der Waals surface area contributed by atoms with Gasteiger partial charge >= 0.3 is 0 Å². The number of sulfonamides is 1. The zero-order valence-corrected chi connectivity index (χ0v) is 12.6. The van der Waals surface area contributed by atoms with Crippen molar-refractivity contribution in [2.45, 2.75) is 30.6 Å². The van der Waals surface area contributed by atoms with Crippen LogP contribution < -0.4 is 9.46 Å². The van der Waals surface area contributed by atoms with Crippen molar-refractivity contribution in [1.82, 2.24) is 4.72 Å². The molecule has 0 fully saturated rings. The van der Waals surface area contributed by atoms with E-state index in [9.17, 15) is 8.42 Å². The van der Waals surface area contributed by atoms with Gasteiger partial charge in [-0.05, 0) is 37.1 Å². The fraction of sp³-hybridized carbons (Fsp3) is 0.538. The first kappa shape index (κ1) is 16.3. The van der Waals surface area contributed by atoms with Gasteiger partial charge in [0.2, 0.25) is 10.0 Å². The Morgan fingerprint density at radius 2 is 1.74 bits per heavy atom. The number of unbranched alkanes of at least 4 members (excludes halogenated alkanes) is 3. The summed E-state index contributed by atoms with van der Waals surface area (Å²) in [5.41, 5.74) is 0. The predicted molar refractivity (Wildman–Crippen MR) is 77.4 cm³/mol. The van der Waals surface area contributed by atoms with Crippen molar-refractivity contribution in [3.8, 4) is 5.75 Å². The van der Waals surface area contributed by atoms with Gasteiger partial charge in [0.25, 0.3) is 0 Å². The Labute approximate surface area is 120 Å². The van der Waals surface area contributed by atoms with Crippen molar-refractivity contribution < 1.29 is 13.2 Å². The number of alkyl halides is 1. The van der Waals surface area contributed by atoms with Crippen molar-refractivity contribution in [2.24, 2.45) is 0 Å². The Hall–Kier alpha value is -0.780. The van der Waals surface area contributed by atoms with Gasteiger partial charge < -0.3 is 4.74 Å². The van der Waals surface area contributed by atoms with Crippen molar-refractivity contribution in [3.63, 3.8) is 0 Å². The van der Waals surface area contributed by atoms with Crippen LogP contribution in [0.15, 0.2) is 29.2 Å². The molecule has 19 heavy (non-hydrogen) atoms. The number of benzene rings is 1. The van der Waals surface area contributed by atoms with Gasteiger partial charge in [-0.2, -0.15) is 0 Å². The van der Waals surface area contributed by atoms with E-state index in [0.717, 1.165) is 25.7 Å². The van der Waals surface area contributed by atoms with E-state index >= 15 is 0 Å². The predicted octanol–water partition coefficient (Wildman–Crippen LogP) is 2.77. The van der Waals surface area contributed by atoms with E-state index in [1.807, 2.05) is 0 Å². The Morgan fingerprint density at radius 1 is 1.11 bits per heavy atom. The number of hydrogen-bond acceptors (Lipinski definition) is 3. The number of halogens is 1. The van der Waals surface area contributed by atoms with E-state index < -0.39 is 10.0 Å². The van der Waals surface area contributed by atoms with Crippen LogP contribution in [0, 0.1) is 0 Å². The average Bonchev–Trinajstić information content (AvgIpc) is 2.43. The Balaban J connectivity index is 2.42. The lowest BCUT2D eigenvalue weighted by molar-refractivity contribution is 0.414. The van der Waals surface area contributed by atoms with Crippen LogP contribution in [0.5, 0.6) is 5.75 Å². The summed E-state index contributed by atoms with van der Waals surface area (Å²) in [7, 11) is -1.87. The van der Waals surface area contributed by atoms with E-state index in [2.05, 4.69) is 4.72 Å². The summed E-state index contributed by atoms with van der Waals surface area (Å²) in [5, 5.41) is 0. The maximum absolute atomic E-state index is 11.9. The molecule has 1 aromatic rings. The first-order valence-corrected chi connectivity index (χ1v) is 8.31. The van der Waals surface area contributed by atoms with Crippen LogP contribution in [-0.2, 0) is 10.0 Å². The standard InChI is InChI=1S/C13H20ClNO3S/c1-18-12-6-8-13(9-7-12)19(16,17)15-11-5-3-2-4-10-14/h6-9,15H,2-5,10-11H2,1H3. The summed E-state index contributed by atoms with van der Waals surface area (Å²) >= 11 is 5.57. The fourth-order valence-electron chi connectivity index (χ4n) is 1.62. The van der Waals surface area contributed by atoms with E-state index in [4.69, 9.17) is 16.3 Å². The van der Waals surface area contributed by atoms with Crippen LogP contribution in [0.1, 0.15) is 25.7 Å². The molecule has 1 aromatic carbocycles. The lowest BCUT2D eigenvalue weighted by Gasteiger charge is -2.07. The molecule has 0 aliphatic heterocycles. The molecule has 0 bridgehead atoms. The van der Waals surface area contributed by atoms with Gasteiger partial charge in [-0.25, -0.2) is 13.1 Å². The van der Waals surface area contributed by atoms with Crippen LogP contribution in [-0.4, -0.2) is 28.0 Å². The highest BCUT2D eigenvalue weighted by atomic mass is 35.5. The van der Waals surface area contributed by atoms with Gasteiger partial charge in [0, 0.05) is 12.4 Å². The Morgan fingerprint density at radius 3 is 2.32 bits per heavy atom. The Kier molecular flexibility index (Phi) is 7.20. The molecule has 0 aromatic heterocycles. The second kappa shape index (κ2) is 8.40. The first-order chi connectivity index (χ1) is 9.10. The van der Waals surface area contributed by atoms with Crippen molar-refractivity contribution in [1.29, 1.82) is 0 Å². The molecule has 1 rings (SSSR count). The lowest BCUT2D eigenvalue weighted by atomic mass is 10.2. The normalized spacial score (nSPS) is 11.5. The molecule has 6 heteroatoms. The molecule has 0 radical (unpaired) electrons. The number of ether oxygens (including phenoxy) is 1. The minimum Gasteiger partial charge on any atom is -0.497 e. The lowest BCUT2D eigenvalue weighted by Crippen LogP contribution is -2.24. The van der Waals surface area contributed by atoms with E-state index in [-0.39, 0.29) is 4.90 Å². The third kappa shape index (κ3) is 5.80. The monoisotopic (exact) mass is 305 g/mol. The highest BCUT2D eigenvalue weighted by Gasteiger charge is 2.12. The van der Waals surface area contributed by atoms with Crippen LogP contribution in [0.25, 0.3) is 0 Å². The average molecular weight is 306 g/mol. The van der Waals surface area contributed by atoms with Gasteiger partial charge in [0.05, 0.1) is 12.0 Å². The fourth-order valence-corrected chi connectivity index (χ4v) is 2.88. The molecule has 0 spiro atoms. The minimum atomic E-state index is -3.41. The summed E-state index contributed by atoms with van der Waals surface area (Å²) in [4.78, 5) is 0.258. The number of methoxy groups -OCH3 is 1. The van der Waals surface area contributed by atoms with Gasteiger partial charge in [0.15, 0.2) is 0 Å². The van der Waals surface area contributed by atoms with Crippen LogP contribution >= 0.6 is 11.6 Å². The molecule has 1 N–H and O–H groups in total. The Bertz CT molecular complexity index is 459. The topological polar surface area (TPSA) is 55.4 Å². The minimum absolute atomic E-state index is 0.258. The molecule has 0 saturated carbocycles. The zero-order chi connectivity index (χ0) is 14.1. The number of nitrogens with one attached hydrogen (secondary N) is 1.